The molecule has 1 aliphatic rings. The maximum absolute atomic E-state index is 11.6. The Morgan fingerprint density at radius 2 is 2.12 bits per heavy atom. The Bertz CT molecular complexity index is 374. The van der Waals surface area contributed by atoms with E-state index in [-0.39, 0.29) is 5.91 Å². The molecule has 0 atom stereocenters. The molecule has 0 aliphatic heterocycles. The normalized spacial score (nSPS) is 16.1. The number of nitrogens with zero attached hydrogens (tertiary/aromatic N) is 2. The lowest BCUT2D eigenvalue weighted by molar-refractivity contribution is -0.116. The summed E-state index contributed by atoms with van der Waals surface area (Å²) in [4.78, 5) is 11.6. The minimum Gasteiger partial charge on any atom is -0.309 e. The van der Waals surface area contributed by atoms with Crippen LogP contribution in [0.1, 0.15) is 38.5 Å². The summed E-state index contributed by atoms with van der Waals surface area (Å²) >= 11 is 5.61. The zero-order valence-electron chi connectivity index (χ0n) is 9.66. The fraction of sp³-hybridized carbons (Fsp3) is 0.583. The fourth-order valence-corrected chi connectivity index (χ4v) is 2.32. The molecule has 1 aromatic heterocycles. The Balaban J connectivity index is 1.74. The lowest BCUT2D eigenvalue weighted by Gasteiger charge is -2.08. The highest BCUT2D eigenvalue weighted by molar-refractivity contribution is 6.29. The Hall–Kier alpha value is -1.16. The van der Waals surface area contributed by atoms with Crippen molar-refractivity contribution in [1.82, 2.24) is 10.2 Å². The average Bonchev–Trinajstić information content (AvgIpc) is 2.83. The van der Waals surface area contributed by atoms with Gasteiger partial charge in [0.25, 0.3) is 0 Å². The molecule has 1 fully saturated rings. The van der Waals surface area contributed by atoms with E-state index in [1.165, 1.54) is 25.7 Å². The molecule has 1 N–H and O–H groups in total. The first kappa shape index (κ1) is 12.3. The van der Waals surface area contributed by atoms with E-state index in [1.54, 1.807) is 12.1 Å². The Labute approximate surface area is 106 Å². The van der Waals surface area contributed by atoms with Crippen LogP contribution in [0.2, 0.25) is 5.15 Å². The minimum absolute atomic E-state index is 0.00789. The van der Waals surface area contributed by atoms with Crippen LogP contribution in [0, 0.1) is 5.92 Å². The number of carbonyl (C=O) groups is 1. The predicted molar refractivity (Wildman–Crippen MR) is 66.9 cm³/mol. The van der Waals surface area contributed by atoms with E-state index < -0.39 is 0 Å². The minimum atomic E-state index is 0.00789. The third kappa shape index (κ3) is 3.97. The zero-order valence-corrected chi connectivity index (χ0v) is 10.4. The molecule has 5 heteroatoms. The van der Waals surface area contributed by atoms with Crippen LogP contribution in [0.3, 0.4) is 0 Å². The van der Waals surface area contributed by atoms with Gasteiger partial charge in [-0.1, -0.05) is 37.3 Å². The second kappa shape index (κ2) is 5.96. The number of amides is 1. The first-order chi connectivity index (χ1) is 8.24. The molecule has 17 heavy (non-hydrogen) atoms. The lowest BCUT2D eigenvalue weighted by Crippen LogP contribution is -2.14. The first-order valence-electron chi connectivity index (χ1n) is 6.03. The van der Waals surface area contributed by atoms with Crippen LogP contribution in [-0.2, 0) is 4.79 Å². The number of anilines is 1. The fourth-order valence-electron chi connectivity index (χ4n) is 2.22. The van der Waals surface area contributed by atoms with Crippen molar-refractivity contribution >= 4 is 23.3 Å². The van der Waals surface area contributed by atoms with Gasteiger partial charge in [0.15, 0.2) is 11.0 Å². The van der Waals surface area contributed by atoms with Crippen molar-refractivity contribution in [3.05, 3.63) is 17.3 Å². The van der Waals surface area contributed by atoms with Gasteiger partial charge in [-0.2, -0.15) is 0 Å². The molecule has 1 saturated carbocycles. The third-order valence-corrected chi connectivity index (χ3v) is 3.36. The van der Waals surface area contributed by atoms with Gasteiger partial charge in [0.2, 0.25) is 5.91 Å². The zero-order chi connectivity index (χ0) is 12.1. The number of carbonyl (C=O) groups excluding carboxylic acids is 1. The highest BCUT2D eigenvalue weighted by atomic mass is 35.5. The number of hydrogen-bond donors (Lipinski definition) is 1. The van der Waals surface area contributed by atoms with Crippen molar-refractivity contribution in [3.63, 3.8) is 0 Å². The van der Waals surface area contributed by atoms with E-state index in [1.807, 2.05) is 0 Å². The molecule has 2 rings (SSSR count). The summed E-state index contributed by atoms with van der Waals surface area (Å²) in [6.07, 6.45) is 6.72. The maximum atomic E-state index is 11.6. The molecule has 0 unspecified atom stereocenters. The molecular weight excluding hydrogens is 238 g/mol. The van der Waals surface area contributed by atoms with Gasteiger partial charge in [0.05, 0.1) is 0 Å². The molecule has 1 heterocycles. The van der Waals surface area contributed by atoms with Gasteiger partial charge >= 0.3 is 0 Å². The summed E-state index contributed by atoms with van der Waals surface area (Å²) in [7, 11) is 0. The molecule has 1 aliphatic carbocycles. The van der Waals surface area contributed by atoms with Crippen molar-refractivity contribution in [3.8, 4) is 0 Å². The summed E-state index contributed by atoms with van der Waals surface area (Å²) in [6, 6.07) is 3.27. The Morgan fingerprint density at radius 1 is 1.35 bits per heavy atom. The summed E-state index contributed by atoms with van der Waals surface area (Å²) in [5, 5.41) is 10.5. The number of aromatic nitrogens is 2. The van der Waals surface area contributed by atoms with E-state index in [0.29, 0.717) is 17.4 Å². The van der Waals surface area contributed by atoms with Gasteiger partial charge < -0.3 is 5.32 Å². The van der Waals surface area contributed by atoms with Gasteiger partial charge in [-0.25, -0.2) is 0 Å². The number of nitrogens with one attached hydrogen (secondary N) is 1. The molecule has 0 saturated heterocycles. The van der Waals surface area contributed by atoms with Crippen LogP contribution in [0.4, 0.5) is 5.82 Å². The van der Waals surface area contributed by atoms with E-state index in [2.05, 4.69) is 15.5 Å². The number of rotatable bonds is 4. The van der Waals surface area contributed by atoms with Crippen molar-refractivity contribution in [1.29, 1.82) is 0 Å². The molecule has 4 nitrogen and oxygen atoms in total. The van der Waals surface area contributed by atoms with Gasteiger partial charge in [0.1, 0.15) is 0 Å². The molecule has 1 aromatic rings. The highest BCUT2D eigenvalue weighted by Gasteiger charge is 2.16. The van der Waals surface area contributed by atoms with Gasteiger partial charge in [-0.05, 0) is 24.5 Å². The standard InChI is InChI=1S/C12H16ClN3O/c13-10-6-7-11(16-15-10)14-12(17)8-5-9-3-1-2-4-9/h6-7,9H,1-5,8H2,(H,14,16,17). The summed E-state index contributed by atoms with van der Waals surface area (Å²) in [5.74, 6) is 1.20. The molecule has 1 amide bonds. The highest BCUT2D eigenvalue weighted by Crippen LogP contribution is 2.28. The summed E-state index contributed by atoms with van der Waals surface area (Å²) in [5.41, 5.74) is 0. The Morgan fingerprint density at radius 3 is 2.76 bits per heavy atom. The second-order valence-corrected chi connectivity index (χ2v) is 4.87. The Kier molecular flexibility index (Phi) is 4.31. The maximum Gasteiger partial charge on any atom is 0.225 e. The van der Waals surface area contributed by atoms with Gasteiger partial charge in [-0.15, -0.1) is 10.2 Å². The van der Waals surface area contributed by atoms with Crippen LogP contribution in [0.25, 0.3) is 0 Å². The summed E-state index contributed by atoms with van der Waals surface area (Å²) < 4.78 is 0. The van der Waals surface area contributed by atoms with Gasteiger partial charge in [-0.3, -0.25) is 4.79 Å². The predicted octanol–water partition coefficient (Wildman–Crippen LogP) is 3.04. The number of hydrogen-bond acceptors (Lipinski definition) is 3. The quantitative estimate of drug-likeness (QED) is 0.897. The van der Waals surface area contributed by atoms with Crippen molar-refractivity contribution < 1.29 is 4.79 Å². The third-order valence-electron chi connectivity index (χ3n) is 3.15. The van der Waals surface area contributed by atoms with Gasteiger partial charge in [0, 0.05) is 6.42 Å². The molecule has 92 valence electrons. The largest absolute Gasteiger partial charge is 0.309 e. The van der Waals surface area contributed by atoms with Crippen molar-refractivity contribution in [2.24, 2.45) is 5.92 Å². The van der Waals surface area contributed by atoms with Crippen molar-refractivity contribution in [2.75, 3.05) is 5.32 Å². The summed E-state index contributed by atoms with van der Waals surface area (Å²) in [6.45, 7) is 0. The SMILES string of the molecule is O=C(CCC1CCCC1)Nc1ccc(Cl)nn1. The van der Waals surface area contributed by atoms with Crippen LogP contribution in [0.5, 0.6) is 0 Å². The monoisotopic (exact) mass is 253 g/mol. The van der Waals surface area contributed by atoms with Crippen LogP contribution in [0.15, 0.2) is 12.1 Å². The van der Waals surface area contributed by atoms with Crippen LogP contribution < -0.4 is 5.32 Å². The number of halogens is 1. The average molecular weight is 254 g/mol. The topological polar surface area (TPSA) is 54.9 Å². The molecular formula is C12H16ClN3O. The van der Waals surface area contributed by atoms with Crippen LogP contribution in [-0.4, -0.2) is 16.1 Å². The second-order valence-electron chi connectivity index (χ2n) is 4.48. The molecule has 0 radical (unpaired) electrons. The molecule has 0 spiro atoms. The molecule has 0 bridgehead atoms. The lowest BCUT2D eigenvalue weighted by atomic mass is 10.0. The van der Waals surface area contributed by atoms with E-state index in [9.17, 15) is 4.79 Å². The molecule has 0 aromatic carbocycles. The van der Waals surface area contributed by atoms with E-state index in [4.69, 9.17) is 11.6 Å². The smallest absolute Gasteiger partial charge is 0.225 e. The van der Waals surface area contributed by atoms with Crippen LogP contribution >= 0.6 is 11.6 Å². The van der Waals surface area contributed by atoms with E-state index >= 15 is 0 Å². The van der Waals surface area contributed by atoms with Crippen molar-refractivity contribution in [2.45, 2.75) is 38.5 Å². The first-order valence-corrected chi connectivity index (χ1v) is 6.41. The van der Waals surface area contributed by atoms with E-state index in [0.717, 1.165) is 12.3 Å².